The van der Waals surface area contributed by atoms with E-state index in [-0.39, 0.29) is 24.4 Å². The van der Waals surface area contributed by atoms with Gasteiger partial charge in [0, 0.05) is 12.0 Å². The number of allylic oxidation sites excluding steroid dienone is 1. The number of alkyl halides is 17. The molecule has 0 aromatic heterocycles. The second-order valence-electron chi connectivity index (χ2n) is 13.5. The topological polar surface area (TPSA) is 88.0 Å². The number of amides is 1. The van der Waals surface area contributed by atoms with E-state index in [4.69, 9.17) is 14.4 Å². The molecule has 0 radical (unpaired) electrons. The lowest BCUT2D eigenvalue weighted by atomic mass is 9.88. The molecule has 326 valence electrons. The second-order valence-corrected chi connectivity index (χ2v) is 18.5. The van der Waals surface area contributed by atoms with Crippen LogP contribution >= 0.6 is 0 Å². The predicted molar refractivity (Wildman–Crippen MR) is 166 cm³/mol. The highest BCUT2D eigenvalue weighted by Gasteiger charge is 2.95. The van der Waals surface area contributed by atoms with Crippen molar-refractivity contribution in [3.05, 3.63) is 41.5 Å². The van der Waals surface area contributed by atoms with E-state index in [0.717, 1.165) is 0 Å². The molecule has 0 unspecified atom stereocenters. The van der Waals surface area contributed by atoms with E-state index in [9.17, 15) is 84.5 Å². The Morgan fingerprint density at radius 3 is 1.61 bits per heavy atom. The maximum absolute atomic E-state index is 14.8. The molecule has 1 rings (SSSR count). The maximum Gasteiger partial charge on any atom is 0.460 e. The fourth-order valence-corrected chi connectivity index (χ4v) is 9.98. The van der Waals surface area contributed by atoms with Gasteiger partial charge in [0.2, 0.25) is 0 Å². The average Bonchev–Trinajstić information content (AvgIpc) is 3.08. The molecule has 24 heteroatoms. The zero-order chi connectivity index (χ0) is 44.1. The number of rotatable bonds is 22. The van der Waals surface area contributed by atoms with Gasteiger partial charge in [-0.1, -0.05) is 45.9 Å². The summed E-state index contributed by atoms with van der Waals surface area (Å²) in [6.07, 6.45) is -8.64. The van der Waals surface area contributed by atoms with Gasteiger partial charge in [-0.2, -0.15) is 74.6 Å². The largest absolute Gasteiger partial charge is 0.491 e. The molecule has 6 nitrogen and oxygen atoms in total. The summed E-state index contributed by atoms with van der Waals surface area (Å²) in [4.78, 5) is 11.3. The van der Waals surface area contributed by atoms with Gasteiger partial charge in [0.05, 0.1) is 12.7 Å². The number of halogens is 17. The number of benzene rings is 1. The molecule has 3 N–H and O–H groups in total. The molecular formula is C32H40F17NO5Si. The van der Waals surface area contributed by atoms with E-state index in [1.165, 1.54) is 64.4 Å². The Balaban J connectivity index is 3.13. The summed E-state index contributed by atoms with van der Waals surface area (Å²) in [6.45, 7) is 5.90. The summed E-state index contributed by atoms with van der Waals surface area (Å²) in [7, 11) is -3.94. The minimum atomic E-state index is -8.68. The van der Waals surface area contributed by atoms with Crippen molar-refractivity contribution in [3.8, 4) is 5.75 Å². The number of carbonyl (C=O) groups excluding carboxylic acids is 1. The monoisotopic (exact) mass is 869 g/mol. The van der Waals surface area contributed by atoms with Gasteiger partial charge in [0.25, 0.3) is 5.91 Å². The lowest BCUT2D eigenvalue weighted by molar-refractivity contribution is -0.461. The molecule has 0 spiro atoms. The highest BCUT2D eigenvalue weighted by atomic mass is 28.4. The molecule has 0 aliphatic rings. The molecule has 0 fully saturated rings. The van der Waals surface area contributed by atoms with Gasteiger partial charge < -0.3 is 14.3 Å². The van der Waals surface area contributed by atoms with Crippen LogP contribution in [-0.4, -0.2) is 85.4 Å². The van der Waals surface area contributed by atoms with Crippen LogP contribution in [0.4, 0.5) is 74.6 Å². The van der Waals surface area contributed by atoms with Crippen molar-refractivity contribution in [1.82, 2.24) is 5.48 Å². The molecule has 0 aliphatic heterocycles. The number of carbonyl (C=O) groups is 1. The zero-order valence-corrected chi connectivity index (χ0v) is 31.1. The summed E-state index contributed by atoms with van der Waals surface area (Å²) in [5.41, 5.74) is 0.470. The van der Waals surface area contributed by atoms with Crippen LogP contribution in [0.25, 0.3) is 0 Å². The van der Waals surface area contributed by atoms with Gasteiger partial charge in [-0.3, -0.25) is 10.0 Å². The summed E-state index contributed by atoms with van der Waals surface area (Å²) >= 11 is 0. The van der Waals surface area contributed by atoms with E-state index in [2.05, 4.69) is 0 Å². The van der Waals surface area contributed by atoms with E-state index in [1.54, 1.807) is 6.08 Å². The van der Waals surface area contributed by atoms with Gasteiger partial charge in [-0.05, 0) is 61.0 Å². The van der Waals surface area contributed by atoms with Crippen molar-refractivity contribution in [2.75, 3.05) is 13.2 Å². The number of unbranched alkanes of at least 4 members (excludes halogenated alkanes) is 1. The quantitative estimate of drug-likeness (QED) is 0.0270. The highest BCUT2D eigenvalue weighted by Crippen LogP contribution is 2.64. The second kappa shape index (κ2) is 18.0. The van der Waals surface area contributed by atoms with Gasteiger partial charge >= 0.3 is 47.6 Å². The van der Waals surface area contributed by atoms with Crippen LogP contribution < -0.4 is 10.2 Å². The van der Waals surface area contributed by atoms with Crippen LogP contribution in [0.2, 0.25) is 17.1 Å². The molecule has 0 heterocycles. The van der Waals surface area contributed by atoms with Crippen molar-refractivity contribution < 1.29 is 98.9 Å². The third kappa shape index (κ3) is 9.87. The molecule has 0 aliphatic carbocycles. The first kappa shape index (κ1) is 51.2. The van der Waals surface area contributed by atoms with Crippen LogP contribution in [-0.2, 0) is 9.22 Å². The van der Waals surface area contributed by atoms with Crippen molar-refractivity contribution in [1.29, 1.82) is 0 Å². The molecule has 0 bridgehead atoms. The molecule has 1 amide bonds. The van der Waals surface area contributed by atoms with E-state index in [1.807, 2.05) is 0 Å². The Kier molecular flexibility index (Phi) is 16.4. The van der Waals surface area contributed by atoms with Crippen molar-refractivity contribution in [2.45, 2.75) is 131 Å². The van der Waals surface area contributed by atoms with Crippen LogP contribution in [0.15, 0.2) is 35.9 Å². The molecule has 0 saturated carbocycles. The van der Waals surface area contributed by atoms with Crippen molar-refractivity contribution in [3.63, 3.8) is 0 Å². The lowest BCUT2D eigenvalue weighted by Gasteiger charge is -2.44. The molecule has 1 atom stereocenters. The summed E-state index contributed by atoms with van der Waals surface area (Å²) in [6, 6.07) is 4.46. The van der Waals surface area contributed by atoms with Gasteiger partial charge in [0.1, 0.15) is 12.4 Å². The lowest BCUT2D eigenvalue weighted by Crippen LogP contribution is -2.74. The Bertz CT molecular complexity index is 1460. The Morgan fingerprint density at radius 2 is 1.18 bits per heavy atom. The normalized spacial score (nSPS) is 15.4. The zero-order valence-electron chi connectivity index (χ0n) is 30.1. The average molecular weight is 870 g/mol. The number of hydroxylamine groups is 1. The van der Waals surface area contributed by atoms with Crippen LogP contribution in [0, 0.1) is 0 Å². The summed E-state index contributed by atoms with van der Waals surface area (Å²) in [5, 5.41) is 19.0. The molecule has 1 aromatic rings. The van der Waals surface area contributed by atoms with E-state index >= 15 is 0 Å². The van der Waals surface area contributed by atoms with Gasteiger partial charge in [-0.25, -0.2) is 5.48 Å². The Labute approximate surface area is 310 Å². The number of nitrogens with one attached hydrogen (secondary N) is 1. The molecular weight excluding hydrogens is 829 g/mol. The third-order valence-electron chi connectivity index (χ3n) is 9.15. The van der Waals surface area contributed by atoms with Crippen molar-refractivity contribution >= 4 is 14.2 Å². The summed E-state index contributed by atoms with van der Waals surface area (Å²) < 4.78 is 245. The highest BCUT2D eigenvalue weighted by molar-refractivity contribution is 6.76. The minimum absolute atomic E-state index is 0.171. The Morgan fingerprint density at radius 1 is 0.732 bits per heavy atom. The number of ether oxygens (including phenoxy) is 1. The van der Waals surface area contributed by atoms with Gasteiger partial charge in [-0.15, -0.1) is 0 Å². The molecule has 0 saturated heterocycles. The minimum Gasteiger partial charge on any atom is -0.491 e. The first-order valence-electron chi connectivity index (χ1n) is 16.4. The van der Waals surface area contributed by atoms with Crippen LogP contribution in [0.5, 0.6) is 5.75 Å². The predicted octanol–water partition coefficient (Wildman–Crippen LogP) is 10.9. The number of hydrogen-bond acceptors (Lipinski definition) is 5. The van der Waals surface area contributed by atoms with Crippen LogP contribution in [0.3, 0.4) is 0 Å². The fourth-order valence-electron chi connectivity index (χ4n) is 5.51. The van der Waals surface area contributed by atoms with Gasteiger partial charge in [0.15, 0.2) is 8.32 Å². The number of hydrogen-bond donors (Lipinski definition) is 3. The maximum atomic E-state index is 14.8. The molecule has 56 heavy (non-hydrogen) atoms. The standard InChI is InChI=1S/C32H40F17NO5Si/c1-18(2)56(19(3)4,55-16-15-54-22-12-10-21(11-13-22)23(51)9-7-6-8-20(5)24(52)50-53)17-14-25(33,34)26(35,36)27(37,38)28(39,40)29(41,42)30(43,44)31(45,46)32(47,48)49/h8,10-13,18-19,23,51,53H,6-7,9,14-17H2,1-5H3,(H,50,52)/b20-8+/t23-/m0/s1. The van der Waals surface area contributed by atoms with Crippen molar-refractivity contribution in [2.24, 2.45) is 0 Å². The third-order valence-corrected chi connectivity index (χ3v) is 14.8. The Hall–Kier alpha value is -2.86. The molecule has 1 aromatic carbocycles. The SMILES string of the molecule is C/C(=C\CCC[C@H](O)c1ccc(OCCO[Si](CCC(F)(F)C(F)(F)C(F)(F)C(F)(F)C(F)(F)C(F)(F)C(F)(F)C(F)(F)F)(C(C)C)C(C)C)cc1)C(=O)NO. The first-order valence-corrected chi connectivity index (χ1v) is 18.7. The smallest absolute Gasteiger partial charge is 0.460 e. The fraction of sp³-hybridized carbons (Fsp3) is 0.719. The van der Waals surface area contributed by atoms with E-state index in [0.29, 0.717) is 18.4 Å². The van der Waals surface area contributed by atoms with Crippen LogP contribution in [0.1, 0.15) is 72.0 Å². The first-order chi connectivity index (χ1) is 25.1. The summed E-state index contributed by atoms with van der Waals surface area (Å²) in [5.74, 6) is -57.2. The number of aliphatic hydroxyl groups excluding tert-OH is 1. The van der Waals surface area contributed by atoms with E-state index < -0.39 is 98.1 Å². The number of aliphatic hydroxyl groups is 1.